The first-order valence-corrected chi connectivity index (χ1v) is 7.37. The van der Waals surface area contributed by atoms with Gasteiger partial charge in [-0.15, -0.1) is 11.3 Å². The summed E-state index contributed by atoms with van der Waals surface area (Å²) < 4.78 is 1.16. The molecule has 2 aromatic heterocycles. The summed E-state index contributed by atoms with van der Waals surface area (Å²) in [6.45, 7) is 3.40. The van der Waals surface area contributed by atoms with Crippen molar-refractivity contribution in [2.24, 2.45) is 5.73 Å². The van der Waals surface area contributed by atoms with E-state index in [2.05, 4.69) is 43.3 Å². The number of aryl methyl sites for hydroxylation is 1. The Morgan fingerprint density at radius 2 is 2.11 bits per heavy atom. The summed E-state index contributed by atoms with van der Waals surface area (Å²) in [6.07, 6.45) is 0. The molecule has 0 bridgehead atoms. The summed E-state index contributed by atoms with van der Waals surface area (Å²) in [5, 5.41) is 2.15. The molecule has 96 valence electrons. The number of hydrogen-bond acceptors (Lipinski definition) is 4. The number of anilines is 1. The lowest BCUT2D eigenvalue weighted by atomic mass is 10.2. The van der Waals surface area contributed by atoms with Crippen molar-refractivity contribution in [3.8, 4) is 0 Å². The predicted octanol–water partition coefficient (Wildman–Crippen LogP) is 3.31. The van der Waals surface area contributed by atoms with E-state index in [-0.39, 0.29) is 0 Å². The van der Waals surface area contributed by atoms with Crippen LogP contribution in [0.2, 0.25) is 0 Å². The van der Waals surface area contributed by atoms with Crippen molar-refractivity contribution in [1.29, 1.82) is 0 Å². The molecule has 0 aromatic carbocycles. The van der Waals surface area contributed by atoms with Gasteiger partial charge in [-0.3, -0.25) is 0 Å². The van der Waals surface area contributed by atoms with Crippen LogP contribution in [0.5, 0.6) is 0 Å². The van der Waals surface area contributed by atoms with Gasteiger partial charge in [0.05, 0.1) is 3.79 Å². The second kappa shape index (κ2) is 5.82. The summed E-state index contributed by atoms with van der Waals surface area (Å²) in [7, 11) is 2.05. The molecule has 5 heteroatoms. The Morgan fingerprint density at radius 3 is 2.72 bits per heavy atom. The average Bonchev–Trinajstić information content (AvgIpc) is 2.73. The minimum atomic E-state index is 0.550. The minimum Gasteiger partial charge on any atom is -0.355 e. The van der Waals surface area contributed by atoms with Crippen molar-refractivity contribution in [2.75, 3.05) is 11.9 Å². The number of pyridine rings is 1. The summed E-state index contributed by atoms with van der Waals surface area (Å²) in [5.74, 6) is 0.970. The Morgan fingerprint density at radius 1 is 1.33 bits per heavy atom. The van der Waals surface area contributed by atoms with Gasteiger partial charge in [0.2, 0.25) is 0 Å². The molecule has 2 rings (SSSR count). The van der Waals surface area contributed by atoms with E-state index < -0.39 is 0 Å². The number of aromatic nitrogens is 1. The molecule has 2 aromatic rings. The van der Waals surface area contributed by atoms with Gasteiger partial charge in [-0.2, -0.15) is 0 Å². The zero-order valence-corrected chi connectivity index (χ0v) is 12.9. The van der Waals surface area contributed by atoms with E-state index in [1.807, 2.05) is 20.0 Å². The van der Waals surface area contributed by atoms with Crippen molar-refractivity contribution < 1.29 is 0 Å². The lowest BCUT2D eigenvalue weighted by Crippen LogP contribution is -2.18. The molecule has 0 aliphatic heterocycles. The quantitative estimate of drug-likeness (QED) is 0.937. The molecule has 0 unspecified atom stereocenters. The third-order valence-electron chi connectivity index (χ3n) is 2.67. The van der Waals surface area contributed by atoms with Crippen molar-refractivity contribution in [2.45, 2.75) is 20.0 Å². The Labute approximate surface area is 120 Å². The van der Waals surface area contributed by atoms with E-state index in [1.54, 1.807) is 11.3 Å². The highest BCUT2D eigenvalue weighted by Crippen LogP contribution is 2.23. The van der Waals surface area contributed by atoms with Crippen molar-refractivity contribution in [1.82, 2.24) is 4.98 Å². The lowest BCUT2D eigenvalue weighted by molar-refractivity contribution is 0.888. The highest BCUT2D eigenvalue weighted by Gasteiger charge is 2.07. The maximum Gasteiger partial charge on any atom is 0.129 e. The molecule has 0 saturated heterocycles. The van der Waals surface area contributed by atoms with Crippen molar-refractivity contribution in [3.05, 3.63) is 44.2 Å². The minimum absolute atomic E-state index is 0.550. The first kappa shape index (κ1) is 13.5. The van der Waals surface area contributed by atoms with Gasteiger partial charge in [-0.1, -0.05) is 0 Å². The Kier molecular flexibility index (Phi) is 4.37. The second-order valence-corrected chi connectivity index (χ2v) is 6.58. The van der Waals surface area contributed by atoms with Gasteiger partial charge in [-0.25, -0.2) is 4.98 Å². The van der Waals surface area contributed by atoms with Gasteiger partial charge in [0, 0.05) is 25.8 Å². The molecule has 0 fully saturated rings. The molecule has 0 spiro atoms. The smallest absolute Gasteiger partial charge is 0.129 e. The van der Waals surface area contributed by atoms with E-state index in [0.29, 0.717) is 6.54 Å². The van der Waals surface area contributed by atoms with Gasteiger partial charge in [0.25, 0.3) is 0 Å². The molecule has 2 heterocycles. The Bertz CT molecular complexity index is 539. The topological polar surface area (TPSA) is 42.1 Å². The van der Waals surface area contributed by atoms with E-state index in [9.17, 15) is 0 Å². The number of rotatable bonds is 4. The van der Waals surface area contributed by atoms with Crippen LogP contribution in [0.3, 0.4) is 0 Å². The third-order valence-corrected chi connectivity index (χ3v) is 4.22. The SMILES string of the molecule is Cc1cc(CN)cc(N(C)Cc2csc(Br)c2)n1. The fourth-order valence-electron chi connectivity index (χ4n) is 1.82. The Balaban J connectivity index is 2.17. The molecule has 0 atom stereocenters. The van der Waals surface area contributed by atoms with Crippen molar-refractivity contribution >= 4 is 33.1 Å². The molecular formula is C13H16BrN3S. The van der Waals surface area contributed by atoms with E-state index in [1.165, 1.54) is 5.56 Å². The third kappa shape index (κ3) is 3.31. The summed E-state index contributed by atoms with van der Waals surface area (Å²) in [5.41, 5.74) is 9.10. The zero-order valence-electron chi connectivity index (χ0n) is 10.5. The number of thiophene rings is 1. The normalized spacial score (nSPS) is 10.7. The summed E-state index contributed by atoms with van der Waals surface area (Å²) in [4.78, 5) is 6.69. The molecular weight excluding hydrogens is 310 g/mol. The highest BCUT2D eigenvalue weighted by molar-refractivity contribution is 9.11. The molecule has 0 saturated carbocycles. The second-order valence-electron chi connectivity index (χ2n) is 4.29. The lowest BCUT2D eigenvalue weighted by Gasteiger charge is -2.18. The Hall–Kier alpha value is -0.910. The van der Waals surface area contributed by atoms with Gasteiger partial charge in [-0.05, 0) is 57.6 Å². The van der Waals surface area contributed by atoms with Crippen LogP contribution in [0.25, 0.3) is 0 Å². The van der Waals surface area contributed by atoms with E-state index >= 15 is 0 Å². The molecule has 3 nitrogen and oxygen atoms in total. The van der Waals surface area contributed by atoms with Crippen molar-refractivity contribution in [3.63, 3.8) is 0 Å². The van der Waals surface area contributed by atoms with Gasteiger partial charge in [0.1, 0.15) is 5.82 Å². The van der Waals surface area contributed by atoms with Gasteiger partial charge >= 0.3 is 0 Å². The van der Waals surface area contributed by atoms with Crippen LogP contribution in [-0.4, -0.2) is 12.0 Å². The first-order valence-electron chi connectivity index (χ1n) is 5.70. The average molecular weight is 326 g/mol. The number of nitrogens with zero attached hydrogens (tertiary/aromatic N) is 2. The number of nitrogens with two attached hydrogens (primary N) is 1. The van der Waals surface area contributed by atoms with Crippen LogP contribution in [0.4, 0.5) is 5.82 Å². The fraction of sp³-hybridized carbons (Fsp3) is 0.308. The maximum atomic E-state index is 5.69. The number of halogens is 1. The first-order chi connectivity index (χ1) is 8.58. The molecule has 0 radical (unpaired) electrons. The zero-order chi connectivity index (χ0) is 13.1. The number of hydrogen-bond donors (Lipinski definition) is 1. The van der Waals surface area contributed by atoms with Gasteiger partial charge < -0.3 is 10.6 Å². The maximum absolute atomic E-state index is 5.69. The summed E-state index contributed by atoms with van der Waals surface area (Å²) >= 11 is 5.18. The predicted molar refractivity (Wildman–Crippen MR) is 81.0 cm³/mol. The molecule has 0 aliphatic rings. The van der Waals surface area contributed by atoms with Gasteiger partial charge in [0.15, 0.2) is 0 Å². The monoisotopic (exact) mass is 325 g/mol. The van der Waals surface area contributed by atoms with E-state index in [0.717, 1.165) is 27.4 Å². The van der Waals surface area contributed by atoms with Crippen LogP contribution in [-0.2, 0) is 13.1 Å². The van der Waals surface area contributed by atoms with E-state index in [4.69, 9.17) is 5.73 Å². The highest BCUT2D eigenvalue weighted by atomic mass is 79.9. The molecule has 0 aliphatic carbocycles. The standard InChI is InChI=1S/C13H16BrN3S/c1-9-3-10(6-15)5-13(16-9)17(2)7-11-4-12(14)18-8-11/h3-5,8H,6-7,15H2,1-2H3. The van der Waals surface area contributed by atoms with Crippen LogP contribution >= 0.6 is 27.3 Å². The molecule has 18 heavy (non-hydrogen) atoms. The van der Waals surface area contributed by atoms with Crippen LogP contribution in [0.15, 0.2) is 27.4 Å². The van der Waals surface area contributed by atoms with Crippen LogP contribution in [0.1, 0.15) is 16.8 Å². The van der Waals surface area contributed by atoms with Crippen LogP contribution in [0, 0.1) is 6.92 Å². The largest absolute Gasteiger partial charge is 0.355 e. The van der Waals surface area contributed by atoms with Crippen LogP contribution < -0.4 is 10.6 Å². The fourth-order valence-corrected chi connectivity index (χ4v) is 3.02. The molecule has 0 amide bonds. The summed E-state index contributed by atoms with van der Waals surface area (Å²) in [6, 6.07) is 6.22. The molecule has 2 N–H and O–H groups in total.